The third kappa shape index (κ3) is 3.14. The highest BCUT2D eigenvalue weighted by Gasteiger charge is 2.41. The highest BCUT2D eigenvalue weighted by atomic mass is 15.1. The zero-order valence-electron chi connectivity index (χ0n) is 11.7. The lowest BCUT2D eigenvalue weighted by molar-refractivity contribution is 0.293. The summed E-state index contributed by atoms with van der Waals surface area (Å²) in [5, 5.41) is 3.25. The first-order valence-electron chi connectivity index (χ1n) is 6.96. The number of hydrogen-bond donors (Lipinski definition) is 2. The zero-order chi connectivity index (χ0) is 12.6. The average Bonchev–Trinajstić information content (AvgIpc) is 2.74. The number of hydrogen-bond acceptors (Lipinski definition) is 1. The van der Waals surface area contributed by atoms with Crippen LogP contribution >= 0.6 is 0 Å². The van der Waals surface area contributed by atoms with E-state index in [0.717, 1.165) is 17.8 Å². The highest BCUT2D eigenvalue weighted by Crippen LogP contribution is 2.49. The second-order valence-corrected chi connectivity index (χ2v) is 6.97. The molecule has 4 atom stereocenters. The summed E-state index contributed by atoms with van der Waals surface area (Å²) in [5.41, 5.74) is 5.97. The number of rotatable bonds is 2. The van der Waals surface area contributed by atoms with Crippen LogP contribution in [0.15, 0.2) is 4.99 Å². The van der Waals surface area contributed by atoms with Gasteiger partial charge in [0, 0.05) is 5.54 Å². The quantitative estimate of drug-likeness (QED) is 0.573. The van der Waals surface area contributed by atoms with Gasteiger partial charge < -0.3 is 11.1 Å². The molecular formula is C14H27N3. The van der Waals surface area contributed by atoms with Gasteiger partial charge in [0.05, 0.1) is 6.04 Å². The fourth-order valence-corrected chi connectivity index (χ4v) is 3.62. The van der Waals surface area contributed by atoms with Crippen LogP contribution in [0.25, 0.3) is 0 Å². The van der Waals surface area contributed by atoms with E-state index in [9.17, 15) is 0 Å². The Balaban J connectivity index is 1.92. The second kappa shape index (κ2) is 4.51. The van der Waals surface area contributed by atoms with E-state index >= 15 is 0 Å². The van der Waals surface area contributed by atoms with Crippen LogP contribution in [0.4, 0.5) is 0 Å². The van der Waals surface area contributed by atoms with E-state index in [1.165, 1.54) is 25.7 Å². The van der Waals surface area contributed by atoms with Crippen molar-refractivity contribution in [2.45, 2.75) is 65.0 Å². The van der Waals surface area contributed by atoms with Gasteiger partial charge in [-0.1, -0.05) is 6.42 Å². The van der Waals surface area contributed by atoms with Gasteiger partial charge in [-0.05, 0) is 64.7 Å². The monoisotopic (exact) mass is 237 g/mol. The van der Waals surface area contributed by atoms with Gasteiger partial charge in [-0.25, -0.2) is 0 Å². The Labute approximate surface area is 105 Å². The first-order chi connectivity index (χ1) is 7.85. The van der Waals surface area contributed by atoms with Crippen molar-refractivity contribution in [1.82, 2.24) is 5.32 Å². The fourth-order valence-electron chi connectivity index (χ4n) is 3.62. The van der Waals surface area contributed by atoms with Crippen molar-refractivity contribution < 1.29 is 0 Å². The van der Waals surface area contributed by atoms with Crippen LogP contribution in [0.1, 0.15) is 53.4 Å². The summed E-state index contributed by atoms with van der Waals surface area (Å²) in [5.74, 6) is 3.28. The van der Waals surface area contributed by atoms with Crippen LogP contribution in [0.3, 0.4) is 0 Å². The molecule has 0 aromatic carbocycles. The number of fused-ring (bicyclic) bond motifs is 2. The average molecular weight is 237 g/mol. The molecule has 98 valence electrons. The minimum atomic E-state index is 0.00197. The summed E-state index contributed by atoms with van der Waals surface area (Å²) in [6.07, 6.45) is 5.68. The van der Waals surface area contributed by atoms with Crippen molar-refractivity contribution in [3.63, 3.8) is 0 Å². The topological polar surface area (TPSA) is 50.4 Å². The number of guanidine groups is 1. The molecule has 2 saturated carbocycles. The largest absolute Gasteiger partial charge is 0.370 e. The standard InChI is InChI=1S/C14H27N3/c1-9(16-13(15)17-14(2,3)4)12-8-10-5-6-11(12)7-10/h9-12H,5-8H2,1-4H3,(H3,15,16,17). The molecule has 2 aliphatic rings. The fraction of sp³-hybridized carbons (Fsp3) is 0.929. The Morgan fingerprint density at radius 2 is 2.00 bits per heavy atom. The minimum Gasteiger partial charge on any atom is -0.370 e. The maximum absolute atomic E-state index is 5.97. The van der Waals surface area contributed by atoms with Gasteiger partial charge in [0.25, 0.3) is 0 Å². The SMILES string of the molecule is CC(N=C(N)NC(C)(C)C)C1CC2CCC1C2. The van der Waals surface area contributed by atoms with Crippen LogP contribution in [-0.4, -0.2) is 17.5 Å². The van der Waals surface area contributed by atoms with Gasteiger partial charge in [0.15, 0.2) is 5.96 Å². The van der Waals surface area contributed by atoms with Crippen molar-refractivity contribution in [2.24, 2.45) is 28.5 Å². The smallest absolute Gasteiger partial charge is 0.189 e. The molecule has 0 radical (unpaired) electrons. The molecular weight excluding hydrogens is 210 g/mol. The van der Waals surface area contributed by atoms with Crippen molar-refractivity contribution in [1.29, 1.82) is 0 Å². The minimum absolute atomic E-state index is 0.00197. The summed E-state index contributed by atoms with van der Waals surface area (Å²) in [6.45, 7) is 8.55. The molecule has 0 aromatic rings. The summed E-state index contributed by atoms with van der Waals surface area (Å²) >= 11 is 0. The van der Waals surface area contributed by atoms with Crippen molar-refractivity contribution >= 4 is 5.96 Å². The van der Waals surface area contributed by atoms with Crippen LogP contribution in [0, 0.1) is 17.8 Å². The molecule has 3 heteroatoms. The van der Waals surface area contributed by atoms with Gasteiger partial charge in [0.2, 0.25) is 0 Å². The number of nitrogens with one attached hydrogen (secondary N) is 1. The molecule has 0 saturated heterocycles. The van der Waals surface area contributed by atoms with E-state index in [2.05, 4.69) is 38.0 Å². The van der Waals surface area contributed by atoms with Crippen LogP contribution < -0.4 is 11.1 Å². The number of nitrogens with zero attached hydrogens (tertiary/aromatic N) is 1. The Morgan fingerprint density at radius 1 is 1.29 bits per heavy atom. The van der Waals surface area contributed by atoms with Gasteiger partial charge in [-0.15, -0.1) is 0 Å². The van der Waals surface area contributed by atoms with Crippen LogP contribution in [0.2, 0.25) is 0 Å². The number of nitrogens with two attached hydrogens (primary N) is 1. The Morgan fingerprint density at radius 3 is 2.47 bits per heavy atom. The molecule has 0 aromatic heterocycles. The predicted molar refractivity (Wildman–Crippen MR) is 72.9 cm³/mol. The molecule has 2 rings (SSSR count). The first kappa shape index (κ1) is 12.7. The summed E-state index contributed by atoms with van der Waals surface area (Å²) in [7, 11) is 0. The van der Waals surface area contributed by atoms with E-state index in [1.807, 2.05) is 0 Å². The molecule has 4 unspecified atom stereocenters. The molecule has 3 nitrogen and oxygen atoms in total. The molecule has 3 N–H and O–H groups in total. The predicted octanol–water partition coefficient (Wildman–Crippen LogP) is 2.51. The van der Waals surface area contributed by atoms with Crippen molar-refractivity contribution in [3.8, 4) is 0 Å². The summed E-state index contributed by atoms with van der Waals surface area (Å²) in [4.78, 5) is 4.65. The maximum Gasteiger partial charge on any atom is 0.189 e. The Kier molecular flexibility index (Phi) is 3.37. The highest BCUT2D eigenvalue weighted by molar-refractivity contribution is 5.78. The van der Waals surface area contributed by atoms with E-state index in [-0.39, 0.29) is 5.54 Å². The molecule has 0 heterocycles. The van der Waals surface area contributed by atoms with E-state index in [0.29, 0.717) is 12.0 Å². The zero-order valence-corrected chi connectivity index (χ0v) is 11.7. The molecule has 0 spiro atoms. The molecule has 17 heavy (non-hydrogen) atoms. The van der Waals surface area contributed by atoms with E-state index < -0.39 is 0 Å². The van der Waals surface area contributed by atoms with Gasteiger partial charge in [-0.2, -0.15) is 0 Å². The van der Waals surface area contributed by atoms with Crippen LogP contribution in [0.5, 0.6) is 0 Å². The summed E-state index contributed by atoms with van der Waals surface area (Å²) in [6, 6.07) is 0.375. The Bertz CT molecular complexity index is 303. The van der Waals surface area contributed by atoms with Gasteiger partial charge >= 0.3 is 0 Å². The molecule has 0 aliphatic heterocycles. The van der Waals surface area contributed by atoms with Crippen LogP contribution in [-0.2, 0) is 0 Å². The van der Waals surface area contributed by atoms with E-state index in [1.54, 1.807) is 0 Å². The third-order valence-electron chi connectivity index (χ3n) is 4.26. The first-order valence-corrected chi connectivity index (χ1v) is 6.96. The second-order valence-electron chi connectivity index (χ2n) is 6.97. The van der Waals surface area contributed by atoms with Crippen molar-refractivity contribution in [2.75, 3.05) is 0 Å². The molecule has 2 fully saturated rings. The lowest BCUT2D eigenvalue weighted by atomic mass is 9.84. The molecule has 2 bridgehead atoms. The molecule has 0 amide bonds. The molecule has 2 aliphatic carbocycles. The lowest BCUT2D eigenvalue weighted by Gasteiger charge is -2.27. The van der Waals surface area contributed by atoms with E-state index in [4.69, 9.17) is 5.73 Å². The maximum atomic E-state index is 5.97. The third-order valence-corrected chi connectivity index (χ3v) is 4.26. The number of aliphatic imine (C=N–C) groups is 1. The summed E-state index contributed by atoms with van der Waals surface area (Å²) < 4.78 is 0. The Hall–Kier alpha value is -0.730. The lowest BCUT2D eigenvalue weighted by Crippen LogP contribution is -2.45. The van der Waals surface area contributed by atoms with Gasteiger partial charge in [0.1, 0.15) is 0 Å². The van der Waals surface area contributed by atoms with Crippen molar-refractivity contribution in [3.05, 3.63) is 0 Å². The normalized spacial score (nSPS) is 35.1. The van der Waals surface area contributed by atoms with Gasteiger partial charge in [-0.3, -0.25) is 4.99 Å².